The summed E-state index contributed by atoms with van der Waals surface area (Å²) >= 11 is 0. The summed E-state index contributed by atoms with van der Waals surface area (Å²) in [5.41, 5.74) is -1.10. The van der Waals surface area contributed by atoms with Gasteiger partial charge in [-0.3, -0.25) is 0 Å². The molecule has 90 valence electrons. The van der Waals surface area contributed by atoms with Gasteiger partial charge in [0, 0.05) is 6.07 Å². The Morgan fingerprint density at radius 3 is 2.06 bits per heavy atom. The molecule has 0 amide bonds. The first-order valence-corrected chi connectivity index (χ1v) is 4.18. The van der Waals surface area contributed by atoms with Gasteiger partial charge in [0.05, 0.1) is 21.3 Å². The van der Waals surface area contributed by atoms with Crippen molar-refractivity contribution in [2.75, 3.05) is 21.3 Å². The summed E-state index contributed by atoms with van der Waals surface area (Å²) in [6, 6.07) is 0.751. The standard InChI is InChI=1S/C9H10F3NO3/c1-14-5-4-6(9(10,11)12)13-8(16-3)7(5)15-2/h4H,1-3H3. The first-order chi connectivity index (χ1) is 7.43. The molecular weight excluding hydrogens is 227 g/mol. The number of hydrogen-bond donors (Lipinski definition) is 0. The van der Waals surface area contributed by atoms with Crippen LogP contribution in [0.3, 0.4) is 0 Å². The molecule has 0 aliphatic carbocycles. The average Bonchev–Trinajstić information content (AvgIpc) is 2.25. The van der Waals surface area contributed by atoms with Gasteiger partial charge in [-0.25, -0.2) is 4.98 Å². The number of ether oxygens (including phenoxy) is 3. The van der Waals surface area contributed by atoms with Crippen molar-refractivity contribution >= 4 is 0 Å². The number of halogens is 3. The molecule has 1 heterocycles. The van der Waals surface area contributed by atoms with Crippen LogP contribution in [-0.4, -0.2) is 26.3 Å². The molecule has 1 aromatic heterocycles. The van der Waals surface area contributed by atoms with Crippen LogP contribution in [0, 0.1) is 0 Å². The van der Waals surface area contributed by atoms with Crippen LogP contribution in [-0.2, 0) is 6.18 Å². The van der Waals surface area contributed by atoms with E-state index in [4.69, 9.17) is 14.2 Å². The zero-order valence-electron chi connectivity index (χ0n) is 8.88. The Morgan fingerprint density at radius 2 is 1.69 bits per heavy atom. The molecule has 1 rings (SSSR count). The van der Waals surface area contributed by atoms with Crippen molar-refractivity contribution in [3.63, 3.8) is 0 Å². The molecule has 1 aromatic rings. The van der Waals surface area contributed by atoms with Crippen molar-refractivity contribution in [1.29, 1.82) is 0 Å². The molecule has 0 radical (unpaired) electrons. The van der Waals surface area contributed by atoms with E-state index in [0.717, 1.165) is 6.07 Å². The van der Waals surface area contributed by atoms with Crippen molar-refractivity contribution in [1.82, 2.24) is 4.98 Å². The average molecular weight is 237 g/mol. The number of aromatic nitrogens is 1. The maximum absolute atomic E-state index is 12.4. The third-order valence-corrected chi connectivity index (χ3v) is 1.82. The first kappa shape index (κ1) is 12.4. The number of pyridine rings is 1. The molecule has 0 aliphatic rings. The summed E-state index contributed by atoms with van der Waals surface area (Å²) in [5.74, 6) is -0.325. The Labute approximate surface area is 89.9 Å². The van der Waals surface area contributed by atoms with Gasteiger partial charge in [0.25, 0.3) is 5.88 Å². The summed E-state index contributed by atoms with van der Waals surface area (Å²) in [6.07, 6.45) is -4.56. The molecule has 0 saturated heterocycles. The van der Waals surface area contributed by atoms with Crippen LogP contribution >= 0.6 is 0 Å². The molecule has 0 saturated carbocycles. The second kappa shape index (κ2) is 4.46. The summed E-state index contributed by atoms with van der Waals surface area (Å²) in [7, 11) is 3.72. The number of alkyl halides is 3. The monoisotopic (exact) mass is 237 g/mol. The largest absolute Gasteiger partial charge is 0.493 e. The van der Waals surface area contributed by atoms with Crippen LogP contribution in [0.5, 0.6) is 17.4 Å². The number of methoxy groups -OCH3 is 3. The van der Waals surface area contributed by atoms with Crippen molar-refractivity contribution in [3.05, 3.63) is 11.8 Å². The Hall–Kier alpha value is -1.66. The summed E-state index contributed by atoms with van der Waals surface area (Å²) in [6.45, 7) is 0. The molecule has 4 nitrogen and oxygen atoms in total. The van der Waals surface area contributed by atoms with E-state index in [1.165, 1.54) is 21.3 Å². The first-order valence-electron chi connectivity index (χ1n) is 4.18. The molecule has 7 heteroatoms. The van der Waals surface area contributed by atoms with E-state index in [2.05, 4.69) is 4.98 Å². The van der Waals surface area contributed by atoms with Gasteiger partial charge in [-0.15, -0.1) is 0 Å². The van der Waals surface area contributed by atoms with E-state index < -0.39 is 11.9 Å². The lowest BCUT2D eigenvalue weighted by molar-refractivity contribution is -0.141. The fourth-order valence-corrected chi connectivity index (χ4v) is 1.11. The van der Waals surface area contributed by atoms with Gasteiger partial charge in [-0.2, -0.15) is 13.2 Å². The number of hydrogen-bond acceptors (Lipinski definition) is 4. The van der Waals surface area contributed by atoms with Gasteiger partial charge in [0.15, 0.2) is 11.4 Å². The van der Waals surface area contributed by atoms with Gasteiger partial charge in [-0.05, 0) is 0 Å². The van der Waals surface area contributed by atoms with Crippen LogP contribution in [0.4, 0.5) is 13.2 Å². The van der Waals surface area contributed by atoms with E-state index in [9.17, 15) is 13.2 Å². The summed E-state index contributed by atoms with van der Waals surface area (Å²) in [4.78, 5) is 3.29. The second-order valence-electron chi connectivity index (χ2n) is 2.75. The molecule has 0 aromatic carbocycles. The molecule has 0 bridgehead atoms. The van der Waals surface area contributed by atoms with E-state index in [1.54, 1.807) is 0 Å². The molecule has 0 fully saturated rings. The fourth-order valence-electron chi connectivity index (χ4n) is 1.11. The lowest BCUT2D eigenvalue weighted by Gasteiger charge is -2.14. The third kappa shape index (κ3) is 2.29. The zero-order valence-corrected chi connectivity index (χ0v) is 8.88. The smallest absolute Gasteiger partial charge is 0.433 e. The SMILES string of the molecule is COc1cc(C(F)(F)F)nc(OC)c1OC. The lowest BCUT2D eigenvalue weighted by Crippen LogP contribution is -2.10. The van der Waals surface area contributed by atoms with E-state index in [-0.39, 0.29) is 17.4 Å². The van der Waals surface area contributed by atoms with Crippen molar-refractivity contribution < 1.29 is 27.4 Å². The predicted molar refractivity (Wildman–Crippen MR) is 48.9 cm³/mol. The van der Waals surface area contributed by atoms with Crippen molar-refractivity contribution in [3.8, 4) is 17.4 Å². The minimum absolute atomic E-state index is 0.0259. The van der Waals surface area contributed by atoms with Gasteiger partial charge in [-0.1, -0.05) is 0 Å². The van der Waals surface area contributed by atoms with Crippen LogP contribution in [0.15, 0.2) is 6.07 Å². The maximum Gasteiger partial charge on any atom is 0.433 e. The minimum Gasteiger partial charge on any atom is -0.493 e. The molecule has 0 atom stereocenters. The molecule has 0 unspecified atom stereocenters. The molecule has 0 N–H and O–H groups in total. The Kier molecular flexibility index (Phi) is 3.46. The van der Waals surface area contributed by atoms with Gasteiger partial charge in [0.1, 0.15) is 0 Å². The summed E-state index contributed by atoms with van der Waals surface area (Å²) in [5, 5.41) is 0. The van der Waals surface area contributed by atoms with Crippen LogP contribution in [0.1, 0.15) is 5.69 Å². The van der Waals surface area contributed by atoms with Crippen LogP contribution in [0.2, 0.25) is 0 Å². The number of rotatable bonds is 3. The van der Waals surface area contributed by atoms with Crippen molar-refractivity contribution in [2.24, 2.45) is 0 Å². The molecular formula is C9H10F3NO3. The van der Waals surface area contributed by atoms with Gasteiger partial charge in [0.2, 0.25) is 5.75 Å². The highest BCUT2D eigenvalue weighted by Crippen LogP contribution is 2.40. The highest BCUT2D eigenvalue weighted by Gasteiger charge is 2.35. The van der Waals surface area contributed by atoms with Gasteiger partial charge < -0.3 is 14.2 Å². The zero-order chi connectivity index (χ0) is 12.3. The highest BCUT2D eigenvalue weighted by molar-refractivity contribution is 5.48. The third-order valence-electron chi connectivity index (χ3n) is 1.82. The molecule has 16 heavy (non-hydrogen) atoms. The second-order valence-corrected chi connectivity index (χ2v) is 2.75. The summed E-state index contributed by atoms with van der Waals surface area (Å²) < 4.78 is 51.6. The Morgan fingerprint density at radius 1 is 1.06 bits per heavy atom. The van der Waals surface area contributed by atoms with Crippen molar-refractivity contribution in [2.45, 2.75) is 6.18 Å². The van der Waals surface area contributed by atoms with E-state index in [1.807, 2.05) is 0 Å². The fraction of sp³-hybridized carbons (Fsp3) is 0.444. The Balaban J connectivity index is 3.37. The van der Waals surface area contributed by atoms with Crippen LogP contribution in [0.25, 0.3) is 0 Å². The van der Waals surface area contributed by atoms with E-state index >= 15 is 0 Å². The topological polar surface area (TPSA) is 40.6 Å². The minimum atomic E-state index is -4.56. The van der Waals surface area contributed by atoms with Gasteiger partial charge >= 0.3 is 6.18 Å². The maximum atomic E-state index is 12.4. The Bertz CT molecular complexity index is 354. The lowest BCUT2D eigenvalue weighted by atomic mass is 10.3. The molecule has 0 spiro atoms. The highest BCUT2D eigenvalue weighted by atomic mass is 19.4. The molecule has 0 aliphatic heterocycles. The van der Waals surface area contributed by atoms with E-state index in [0.29, 0.717) is 0 Å². The normalized spacial score (nSPS) is 11.1. The number of nitrogens with zero attached hydrogens (tertiary/aromatic N) is 1. The quantitative estimate of drug-likeness (QED) is 0.807. The van der Waals surface area contributed by atoms with Crippen LogP contribution < -0.4 is 14.2 Å². The predicted octanol–water partition coefficient (Wildman–Crippen LogP) is 2.13.